The van der Waals surface area contributed by atoms with E-state index in [9.17, 15) is 13.2 Å². The number of nitrogens with zero attached hydrogens (tertiary/aromatic N) is 1. The molecule has 1 saturated heterocycles. The average molecular weight is 426 g/mol. The number of amides is 1. The molecular weight excluding hydrogens is 404 g/mol. The minimum Gasteiger partial charge on any atom is -0.338 e. The van der Waals surface area contributed by atoms with Gasteiger partial charge in [-0.1, -0.05) is 28.1 Å². The van der Waals surface area contributed by atoms with Gasteiger partial charge in [-0.3, -0.25) is 4.79 Å². The van der Waals surface area contributed by atoms with E-state index in [2.05, 4.69) is 15.9 Å². The Balaban J connectivity index is 0.00000264. The molecule has 1 amide bonds. The Morgan fingerprint density at radius 1 is 1.35 bits per heavy atom. The van der Waals surface area contributed by atoms with E-state index in [-0.39, 0.29) is 30.1 Å². The zero-order chi connectivity index (χ0) is 16.2. The van der Waals surface area contributed by atoms with E-state index in [1.807, 2.05) is 6.07 Å². The number of carbonyl (C=O) groups excluding carboxylic acids is 1. The van der Waals surface area contributed by atoms with Crippen LogP contribution in [0.3, 0.4) is 0 Å². The predicted molar refractivity (Wildman–Crippen MR) is 97.3 cm³/mol. The second-order valence-electron chi connectivity index (χ2n) is 5.63. The van der Waals surface area contributed by atoms with E-state index in [1.165, 1.54) is 0 Å². The summed E-state index contributed by atoms with van der Waals surface area (Å²) in [6.07, 6.45) is 2.80. The van der Waals surface area contributed by atoms with Crippen LogP contribution in [0.15, 0.2) is 28.7 Å². The van der Waals surface area contributed by atoms with Crippen molar-refractivity contribution in [3.8, 4) is 0 Å². The molecule has 1 aliphatic rings. The number of nitrogens with two attached hydrogens (primary N) is 1. The van der Waals surface area contributed by atoms with Crippen molar-refractivity contribution in [2.24, 2.45) is 5.73 Å². The molecule has 0 bridgehead atoms. The average Bonchev–Trinajstić information content (AvgIpc) is 2.46. The van der Waals surface area contributed by atoms with Crippen LogP contribution in [-0.4, -0.2) is 44.1 Å². The molecule has 23 heavy (non-hydrogen) atoms. The Morgan fingerprint density at radius 3 is 2.74 bits per heavy atom. The van der Waals surface area contributed by atoms with Crippen LogP contribution in [0.5, 0.6) is 0 Å². The number of benzene rings is 1. The summed E-state index contributed by atoms with van der Waals surface area (Å²) in [7, 11) is -3.48. The van der Waals surface area contributed by atoms with E-state index in [0.29, 0.717) is 18.7 Å². The first kappa shape index (κ1) is 20.4. The molecule has 0 radical (unpaired) electrons. The van der Waals surface area contributed by atoms with Gasteiger partial charge in [-0.15, -0.1) is 12.4 Å². The van der Waals surface area contributed by atoms with Crippen molar-refractivity contribution in [2.75, 3.05) is 18.8 Å². The molecule has 1 unspecified atom stereocenters. The fourth-order valence-corrected chi connectivity index (χ4v) is 4.55. The van der Waals surface area contributed by atoms with Gasteiger partial charge in [0.1, 0.15) is 5.75 Å². The molecule has 0 saturated carbocycles. The highest BCUT2D eigenvalue weighted by atomic mass is 79.9. The predicted octanol–water partition coefficient (Wildman–Crippen LogP) is 2.13. The third-order valence-corrected chi connectivity index (χ3v) is 5.79. The zero-order valence-electron chi connectivity index (χ0n) is 12.8. The van der Waals surface area contributed by atoms with E-state index in [0.717, 1.165) is 23.7 Å². The molecule has 0 aliphatic carbocycles. The maximum Gasteiger partial charge on any atom is 0.238 e. The lowest BCUT2D eigenvalue weighted by atomic mass is 10.0. The van der Waals surface area contributed by atoms with Crippen molar-refractivity contribution in [3.63, 3.8) is 0 Å². The maximum absolute atomic E-state index is 12.3. The van der Waals surface area contributed by atoms with Crippen LogP contribution in [-0.2, 0) is 20.4 Å². The van der Waals surface area contributed by atoms with Crippen LogP contribution in [0.4, 0.5) is 0 Å². The van der Waals surface area contributed by atoms with Crippen molar-refractivity contribution in [3.05, 3.63) is 34.3 Å². The fourth-order valence-electron chi connectivity index (χ4n) is 2.78. The van der Waals surface area contributed by atoms with Gasteiger partial charge in [0.25, 0.3) is 0 Å². The van der Waals surface area contributed by atoms with Crippen LogP contribution in [0.2, 0.25) is 0 Å². The zero-order valence-corrected chi connectivity index (χ0v) is 16.0. The number of sulfone groups is 1. The standard InChI is InChI=1S/C15H21BrN2O3S.ClH/c16-13-5-3-4-12(8-13)10-22(20,21)11-15(19)18-7-2-1-6-14(18)9-17;/h3-5,8,14H,1-2,6-7,9-11,17H2;1H. The smallest absolute Gasteiger partial charge is 0.238 e. The van der Waals surface area contributed by atoms with Crippen LogP contribution in [0.1, 0.15) is 24.8 Å². The van der Waals surface area contributed by atoms with Crippen molar-refractivity contribution in [2.45, 2.75) is 31.1 Å². The first-order chi connectivity index (χ1) is 10.4. The van der Waals surface area contributed by atoms with Crippen molar-refractivity contribution >= 4 is 44.1 Å². The fraction of sp³-hybridized carbons (Fsp3) is 0.533. The summed E-state index contributed by atoms with van der Waals surface area (Å²) in [5.41, 5.74) is 6.36. The Bertz CT molecular complexity index is 639. The molecule has 1 heterocycles. The van der Waals surface area contributed by atoms with Crippen LogP contribution < -0.4 is 5.73 Å². The molecule has 0 spiro atoms. The minimum absolute atomic E-state index is 0. The van der Waals surface area contributed by atoms with Gasteiger partial charge in [0.15, 0.2) is 9.84 Å². The van der Waals surface area contributed by atoms with Crippen molar-refractivity contribution < 1.29 is 13.2 Å². The molecule has 1 aliphatic heterocycles. The summed E-state index contributed by atoms with van der Waals surface area (Å²) in [5, 5.41) is 0. The third-order valence-electron chi connectivity index (χ3n) is 3.84. The number of hydrogen-bond acceptors (Lipinski definition) is 4. The highest BCUT2D eigenvalue weighted by Gasteiger charge is 2.28. The van der Waals surface area contributed by atoms with E-state index in [1.54, 1.807) is 23.1 Å². The van der Waals surface area contributed by atoms with Gasteiger partial charge in [0.05, 0.1) is 5.75 Å². The number of piperidine rings is 1. The van der Waals surface area contributed by atoms with Gasteiger partial charge in [-0.2, -0.15) is 0 Å². The van der Waals surface area contributed by atoms with E-state index < -0.39 is 15.6 Å². The molecule has 130 valence electrons. The van der Waals surface area contributed by atoms with Gasteiger partial charge in [-0.05, 0) is 37.0 Å². The van der Waals surface area contributed by atoms with Gasteiger partial charge in [-0.25, -0.2) is 8.42 Å². The van der Waals surface area contributed by atoms with E-state index in [4.69, 9.17) is 5.73 Å². The molecule has 1 fully saturated rings. The summed E-state index contributed by atoms with van der Waals surface area (Å²) in [4.78, 5) is 14.0. The Kier molecular flexibility index (Phi) is 8.00. The lowest BCUT2D eigenvalue weighted by Crippen LogP contribution is -2.49. The molecule has 1 aromatic rings. The van der Waals surface area contributed by atoms with Crippen LogP contribution in [0.25, 0.3) is 0 Å². The summed E-state index contributed by atoms with van der Waals surface area (Å²) in [5.74, 6) is -0.903. The molecule has 8 heteroatoms. The lowest BCUT2D eigenvalue weighted by Gasteiger charge is -2.35. The monoisotopic (exact) mass is 424 g/mol. The second-order valence-corrected chi connectivity index (χ2v) is 8.61. The molecule has 2 rings (SSSR count). The molecule has 1 atom stereocenters. The number of rotatable bonds is 5. The number of halogens is 2. The Labute approximate surface area is 152 Å². The minimum atomic E-state index is -3.48. The topological polar surface area (TPSA) is 80.5 Å². The van der Waals surface area contributed by atoms with Crippen molar-refractivity contribution in [1.29, 1.82) is 0 Å². The van der Waals surface area contributed by atoms with Gasteiger partial charge in [0, 0.05) is 23.6 Å². The number of hydrogen-bond donors (Lipinski definition) is 1. The first-order valence-electron chi connectivity index (χ1n) is 7.36. The number of likely N-dealkylation sites (tertiary alicyclic amines) is 1. The third kappa shape index (κ3) is 6.06. The summed E-state index contributed by atoms with van der Waals surface area (Å²) in [6.45, 7) is 0.991. The van der Waals surface area contributed by atoms with E-state index >= 15 is 0 Å². The van der Waals surface area contributed by atoms with Gasteiger partial charge < -0.3 is 10.6 Å². The Hall–Kier alpha value is -0.630. The number of carbonyl (C=O) groups is 1. The quantitative estimate of drug-likeness (QED) is 0.783. The van der Waals surface area contributed by atoms with Gasteiger partial charge >= 0.3 is 0 Å². The summed E-state index contributed by atoms with van der Waals surface area (Å²) >= 11 is 3.32. The molecule has 0 aromatic heterocycles. The van der Waals surface area contributed by atoms with Crippen molar-refractivity contribution in [1.82, 2.24) is 4.90 Å². The van der Waals surface area contributed by atoms with Crippen LogP contribution in [0, 0.1) is 0 Å². The Morgan fingerprint density at radius 2 is 2.09 bits per heavy atom. The lowest BCUT2D eigenvalue weighted by molar-refractivity contribution is -0.131. The summed E-state index contributed by atoms with van der Waals surface area (Å²) in [6, 6.07) is 7.09. The van der Waals surface area contributed by atoms with Crippen LogP contribution >= 0.6 is 28.3 Å². The second kappa shape index (κ2) is 9.01. The normalized spacial score (nSPS) is 18.3. The maximum atomic E-state index is 12.3. The highest BCUT2D eigenvalue weighted by molar-refractivity contribution is 9.10. The first-order valence-corrected chi connectivity index (χ1v) is 9.97. The highest BCUT2D eigenvalue weighted by Crippen LogP contribution is 2.18. The molecular formula is C15H22BrClN2O3S. The molecule has 5 nitrogen and oxygen atoms in total. The largest absolute Gasteiger partial charge is 0.338 e. The summed E-state index contributed by atoms with van der Waals surface area (Å²) < 4.78 is 25.4. The molecule has 2 N–H and O–H groups in total. The SMILES string of the molecule is Cl.NCC1CCCCN1C(=O)CS(=O)(=O)Cc1cccc(Br)c1. The molecule has 1 aromatic carbocycles. The van der Waals surface area contributed by atoms with Gasteiger partial charge in [0.2, 0.25) is 5.91 Å².